The third kappa shape index (κ3) is 4.26. The number of carbonyl (C=O) groups excluding carboxylic acids is 2. The summed E-state index contributed by atoms with van der Waals surface area (Å²) in [6, 6.07) is 0. The average molecular weight is 396 g/mol. The predicted molar refractivity (Wildman–Crippen MR) is 112 cm³/mol. The van der Waals surface area contributed by atoms with Crippen LogP contribution in [0.5, 0.6) is 0 Å². The monoisotopic (exact) mass is 396 g/mol. The number of rotatable bonds is 4. The van der Waals surface area contributed by atoms with Crippen LogP contribution in [0.15, 0.2) is 18.5 Å². The van der Waals surface area contributed by atoms with Crippen molar-refractivity contribution in [3.05, 3.63) is 24.0 Å². The number of aromatic amines is 1. The van der Waals surface area contributed by atoms with E-state index in [1.54, 1.807) is 18.5 Å². The molecule has 4 rings (SSSR count). The largest absolute Gasteiger partial charge is 0.366 e. The van der Waals surface area contributed by atoms with Gasteiger partial charge in [0.05, 0.1) is 6.20 Å². The van der Waals surface area contributed by atoms with E-state index < -0.39 is 5.91 Å². The lowest BCUT2D eigenvalue weighted by molar-refractivity contribution is -0.137. The van der Waals surface area contributed by atoms with E-state index in [1.807, 2.05) is 4.90 Å². The van der Waals surface area contributed by atoms with Gasteiger partial charge in [0.1, 0.15) is 11.3 Å². The average Bonchev–Trinajstić information content (AvgIpc) is 3.14. The zero-order chi connectivity index (χ0) is 20.4. The molecule has 2 aromatic heterocycles. The fraction of sp³-hybridized carbons (Fsp3) is 0.524. The normalized spacial score (nSPS) is 23.1. The zero-order valence-corrected chi connectivity index (χ0v) is 16.8. The van der Waals surface area contributed by atoms with Crippen LogP contribution in [0.3, 0.4) is 0 Å². The quantitative estimate of drug-likeness (QED) is 0.768. The van der Waals surface area contributed by atoms with E-state index in [2.05, 4.69) is 21.8 Å². The number of nitrogens with zero attached hydrogens (tertiary/aromatic N) is 4. The number of anilines is 1. The van der Waals surface area contributed by atoms with Crippen molar-refractivity contribution in [2.24, 2.45) is 17.6 Å². The maximum atomic E-state index is 12.8. The van der Waals surface area contributed by atoms with E-state index in [0.29, 0.717) is 30.2 Å². The second-order valence-electron chi connectivity index (χ2n) is 8.17. The summed E-state index contributed by atoms with van der Waals surface area (Å²) in [6.45, 7) is 5.19. The van der Waals surface area contributed by atoms with Crippen molar-refractivity contribution in [3.63, 3.8) is 0 Å². The highest BCUT2D eigenvalue weighted by atomic mass is 16.2. The summed E-state index contributed by atoms with van der Waals surface area (Å²) in [5, 5.41) is 0. The van der Waals surface area contributed by atoms with Crippen LogP contribution in [0.25, 0.3) is 17.2 Å². The number of H-pyrrole nitrogens is 1. The van der Waals surface area contributed by atoms with Gasteiger partial charge in [-0.05, 0) is 37.7 Å². The summed E-state index contributed by atoms with van der Waals surface area (Å²) in [7, 11) is 0. The molecule has 0 spiro atoms. The minimum atomic E-state index is -0.503. The van der Waals surface area contributed by atoms with Crippen LogP contribution in [0.2, 0.25) is 0 Å². The van der Waals surface area contributed by atoms with Gasteiger partial charge in [0.2, 0.25) is 11.8 Å². The first-order valence-electron chi connectivity index (χ1n) is 10.4. The zero-order valence-electron chi connectivity index (χ0n) is 16.8. The molecule has 2 aliphatic rings. The van der Waals surface area contributed by atoms with Gasteiger partial charge in [-0.2, -0.15) is 0 Å². The second kappa shape index (κ2) is 8.23. The minimum Gasteiger partial charge on any atom is -0.366 e. The highest BCUT2D eigenvalue weighted by molar-refractivity contribution is 5.93. The van der Waals surface area contributed by atoms with Crippen molar-refractivity contribution < 1.29 is 9.59 Å². The van der Waals surface area contributed by atoms with E-state index in [1.165, 1.54) is 6.08 Å². The van der Waals surface area contributed by atoms with Gasteiger partial charge >= 0.3 is 0 Å². The minimum absolute atomic E-state index is 0.202. The predicted octanol–water partition coefficient (Wildman–Crippen LogP) is 1.93. The number of hydrogen-bond donors (Lipinski definition) is 2. The molecule has 1 saturated heterocycles. The van der Waals surface area contributed by atoms with Crippen LogP contribution in [-0.4, -0.2) is 57.8 Å². The lowest BCUT2D eigenvalue weighted by atomic mass is 9.82. The summed E-state index contributed by atoms with van der Waals surface area (Å²) < 4.78 is 0. The van der Waals surface area contributed by atoms with Crippen LogP contribution in [0.4, 0.5) is 5.82 Å². The van der Waals surface area contributed by atoms with Crippen LogP contribution in [0.1, 0.15) is 38.2 Å². The molecule has 0 atom stereocenters. The third-order valence-electron chi connectivity index (χ3n) is 6.11. The maximum absolute atomic E-state index is 12.8. The lowest BCUT2D eigenvalue weighted by Gasteiger charge is -2.38. The number of hydrogen-bond acceptors (Lipinski definition) is 5. The Balaban J connectivity index is 1.41. The topological polar surface area (TPSA) is 108 Å². The summed E-state index contributed by atoms with van der Waals surface area (Å²) in [4.78, 5) is 40.3. The van der Waals surface area contributed by atoms with Crippen LogP contribution >= 0.6 is 0 Å². The molecule has 1 saturated carbocycles. The van der Waals surface area contributed by atoms with Crippen molar-refractivity contribution in [1.82, 2.24) is 19.9 Å². The molecule has 2 fully saturated rings. The summed E-state index contributed by atoms with van der Waals surface area (Å²) in [6.07, 6.45) is 10.8. The molecule has 1 aliphatic heterocycles. The van der Waals surface area contributed by atoms with Crippen molar-refractivity contribution in [3.8, 4) is 0 Å². The molecule has 0 unspecified atom stereocenters. The molecular weight excluding hydrogens is 368 g/mol. The number of carbonyl (C=O) groups is 2. The molecule has 8 heteroatoms. The van der Waals surface area contributed by atoms with Crippen molar-refractivity contribution in [2.45, 2.75) is 32.6 Å². The van der Waals surface area contributed by atoms with E-state index in [-0.39, 0.29) is 5.92 Å². The van der Waals surface area contributed by atoms with Gasteiger partial charge in [-0.1, -0.05) is 6.92 Å². The molecule has 2 amide bonds. The van der Waals surface area contributed by atoms with Crippen molar-refractivity contribution in [1.29, 1.82) is 0 Å². The van der Waals surface area contributed by atoms with E-state index >= 15 is 0 Å². The Morgan fingerprint density at radius 1 is 1.17 bits per heavy atom. The van der Waals surface area contributed by atoms with Gasteiger partial charge in [0, 0.05) is 49.9 Å². The summed E-state index contributed by atoms with van der Waals surface area (Å²) in [5.74, 6) is 1.55. The number of nitrogens with one attached hydrogen (secondary N) is 1. The number of nitrogens with two attached hydrogens (primary N) is 1. The van der Waals surface area contributed by atoms with Crippen LogP contribution in [0, 0.1) is 11.8 Å². The molecule has 0 aromatic carbocycles. The number of amides is 2. The smallest absolute Gasteiger partial charge is 0.241 e. The van der Waals surface area contributed by atoms with Crippen LogP contribution in [-0.2, 0) is 9.59 Å². The molecule has 8 nitrogen and oxygen atoms in total. The Morgan fingerprint density at radius 3 is 2.59 bits per heavy atom. The molecular formula is C21H28N6O2. The summed E-state index contributed by atoms with van der Waals surface area (Å²) >= 11 is 0. The Bertz CT molecular complexity index is 920. The molecule has 154 valence electrons. The van der Waals surface area contributed by atoms with Gasteiger partial charge < -0.3 is 20.5 Å². The highest BCUT2D eigenvalue weighted by Crippen LogP contribution is 2.30. The Morgan fingerprint density at radius 2 is 1.90 bits per heavy atom. The van der Waals surface area contributed by atoms with E-state index in [9.17, 15) is 9.59 Å². The third-order valence-corrected chi connectivity index (χ3v) is 6.11. The number of fused-ring (bicyclic) bond motifs is 1. The lowest BCUT2D eigenvalue weighted by Crippen LogP contribution is -2.51. The standard InChI is InChI=1S/C21H28N6O2/c1-14-2-4-15(5-3-14)21(29)27-10-8-26(9-11-27)18-13-24-20-19(25-18)16(12-23-20)6-7-17(22)28/h6-7,12-15H,2-5,8-11H2,1H3,(H2,22,28)(H,23,24)/b7-6+. The maximum Gasteiger partial charge on any atom is 0.241 e. The fourth-order valence-electron chi connectivity index (χ4n) is 4.27. The second-order valence-corrected chi connectivity index (χ2v) is 8.17. The molecule has 2 aromatic rings. The molecule has 29 heavy (non-hydrogen) atoms. The molecule has 3 N–H and O–H groups in total. The Hall–Kier alpha value is -2.90. The molecule has 0 bridgehead atoms. The van der Waals surface area contributed by atoms with Gasteiger partial charge in [0.15, 0.2) is 5.65 Å². The van der Waals surface area contributed by atoms with Crippen LogP contribution < -0.4 is 10.6 Å². The van der Waals surface area contributed by atoms with E-state index in [0.717, 1.165) is 56.1 Å². The number of primary amides is 1. The van der Waals surface area contributed by atoms with Crippen molar-refractivity contribution >= 4 is 34.9 Å². The van der Waals surface area contributed by atoms with Gasteiger partial charge in [-0.15, -0.1) is 0 Å². The fourth-order valence-corrected chi connectivity index (χ4v) is 4.27. The van der Waals surface area contributed by atoms with Crippen molar-refractivity contribution in [2.75, 3.05) is 31.1 Å². The first-order chi connectivity index (χ1) is 14.0. The summed E-state index contributed by atoms with van der Waals surface area (Å²) in [5.41, 5.74) is 7.33. The van der Waals surface area contributed by atoms with Gasteiger partial charge in [-0.3, -0.25) is 9.59 Å². The SMILES string of the molecule is CC1CCC(C(=O)N2CCN(c3cnc4[nH]cc(/C=C/C(N)=O)c4n3)CC2)CC1. The number of aromatic nitrogens is 3. The molecule has 1 aliphatic carbocycles. The first-order valence-corrected chi connectivity index (χ1v) is 10.4. The number of piperazine rings is 1. The van der Waals surface area contributed by atoms with Gasteiger partial charge in [-0.25, -0.2) is 9.97 Å². The highest BCUT2D eigenvalue weighted by Gasteiger charge is 2.30. The molecule has 0 radical (unpaired) electrons. The van der Waals surface area contributed by atoms with E-state index in [4.69, 9.17) is 10.7 Å². The first kappa shape index (κ1) is 19.4. The van der Waals surface area contributed by atoms with Gasteiger partial charge in [0.25, 0.3) is 0 Å². The molecule has 3 heterocycles. The Labute approximate surface area is 170 Å². The Kier molecular flexibility index (Phi) is 5.51.